The Morgan fingerprint density at radius 1 is 0.667 bits per heavy atom. The van der Waals surface area contributed by atoms with Crippen LogP contribution in [0.4, 0.5) is 0 Å². The molecule has 2 heteroatoms. The molecule has 0 amide bonds. The number of hydrogen-bond acceptors (Lipinski definition) is 2. The number of pyridine rings is 1. The fourth-order valence-corrected chi connectivity index (χ4v) is 3.03. The Balaban J connectivity index is 1.66. The van der Waals surface area contributed by atoms with E-state index < -0.39 is 0 Å². The van der Waals surface area contributed by atoms with Gasteiger partial charge in [0.15, 0.2) is 0 Å². The van der Waals surface area contributed by atoms with E-state index in [1.165, 1.54) is 40.8 Å². The standard InChI is InChI=1S/C25H29NO/c1-3-5-7-24-15-12-23(19-26-24)22-10-8-20(9-11-22)21-13-16-25(17-14-21)27-18-6-4-2/h8-17,19H,3-7,18H2,1-2H3. The first-order valence-electron chi connectivity index (χ1n) is 10.1. The third-order valence-electron chi connectivity index (χ3n) is 4.78. The molecule has 0 bridgehead atoms. The van der Waals surface area contributed by atoms with Gasteiger partial charge in [0.25, 0.3) is 0 Å². The number of aromatic nitrogens is 1. The van der Waals surface area contributed by atoms with Gasteiger partial charge in [-0.2, -0.15) is 0 Å². The van der Waals surface area contributed by atoms with E-state index >= 15 is 0 Å². The Bertz CT molecular complexity index is 804. The summed E-state index contributed by atoms with van der Waals surface area (Å²) in [5, 5.41) is 0. The molecule has 0 N–H and O–H groups in total. The predicted molar refractivity (Wildman–Crippen MR) is 114 cm³/mol. The summed E-state index contributed by atoms with van der Waals surface area (Å²) in [6, 6.07) is 21.4. The highest BCUT2D eigenvalue weighted by Crippen LogP contribution is 2.26. The van der Waals surface area contributed by atoms with Crippen LogP contribution in [0.2, 0.25) is 0 Å². The van der Waals surface area contributed by atoms with Crippen LogP contribution in [-0.4, -0.2) is 11.6 Å². The van der Waals surface area contributed by atoms with E-state index in [4.69, 9.17) is 4.74 Å². The lowest BCUT2D eigenvalue weighted by Crippen LogP contribution is -1.95. The second-order valence-corrected chi connectivity index (χ2v) is 6.95. The van der Waals surface area contributed by atoms with Gasteiger partial charge in [0.2, 0.25) is 0 Å². The molecule has 0 atom stereocenters. The zero-order valence-electron chi connectivity index (χ0n) is 16.4. The number of unbranched alkanes of at least 4 members (excludes halogenated alkanes) is 2. The average molecular weight is 360 g/mol. The van der Waals surface area contributed by atoms with Gasteiger partial charge in [-0.3, -0.25) is 4.98 Å². The quantitative estimate of drug-likeness (QED) is 0.386. The number of nitrogens with zero attached hydrogens (tertiary/aromatic N) is 1. The Kier molecular flexibility index (Phi) is 7.04. The Morgan fingerprint density at radius 3 is 1.78 bits per heavy atom. The molecule has 0 aliphatic rings. The largest absolute Gasteiger partial charge is 0.494 e. The highest BCUT2D eigenvalue weighted by Gasteiger charge is 2.03. The first-order valence-corrected chi connectivity index (χ1v) is 10.1. The molecule has 2 nitrogen and oxygen atoms in total. The van der Waals surface area contributed by atoms with Crippen LogP contribution in [0.15, 0.2) is 66.9 Å². The van der Waals surface area contributed by atoms with Crippen LogP contribution in [0.25, 0.3) is 22.3 Å². The minimum absolute atomic E-state index is 0.788. The molecule has 0 saturated carbocycles. The predicted octanol–water partition coefficient (Wildman–Crippen LogP) is 6.94. The highest BCUT2D eigenvalue weighted by atomic mass is 16.5. The Morgan fingerprint density at radius 2 is 1.22 bits per heavy atom. The molecule has 1 aromatic heterocycles. The van der Waals surface area contributed by atoms with Crippen molar-refractivity contribution in [2.75, 3.05) is 6.61 Å². The normalized spacial score (nSPS) is 10.7. The maximum atomic E-state index is 5.74. The van der Waals surface area contributed by atoms with Crippen molar-refractivity contribution in [3.8, 4) is 28.0 Å². The van der Waals surface area contributed by atoms with E-state index in [1.54, 1.807) is 0 Å². The fraction of sp³-hybridized carbons (Fsp3) is 0.320. The molecule has 3 rings (SSSR count). The van der Waals surface area contributed by atoms with E-state index in [-0.39, 0.29) is 0 Å². The second kappa shape index (κ2) is 9.91. The summed E-state index contributed by atoms with van der Waals surface area (Å²) in [6.07, 6.45) is 7.70. The first kappa shape index (κ1) is 19.2. The van der Waals surface area contributed by atoms with Gasteiger partial charge in [-0.25, -0.2) is 0 Å². The molecule has 27 heavy (non-hydrogen) atoms. The maximum Gasteiger partial charge on any atom is 0.119 e. The molecule has 0 unspecified atom stereocenters. The third-order valence-corrected chi connectivity index (χ3v) is 4.78. The molecular weight excluding hydrogens is 330 g/mol. The minimum Gasteiger partial charge on any atom is -0.494 e. The first-order chi connectivity index (χ1) is 13.3. The molecule has 0 fully saturated rings. The van der Waals surface area contributed by atoms with Crippen molar-refractivity contribution in [3.05, 3.63) is 72.6 Å². The maximum absolute atomic E-state index is 5.74. The monoisotopic (exact) mass is 359 g/mol. The molecule has 0 aliphatic carbocycles. The van der Waals surface area contributed by atoms with Crippen molar-refractivity contribution >= 4 is 0 Å². The number of ether oxygens (including phenoxy) is 1. The molecule has 0 aliphatic heterocycles. The van der Waals surface area contributed by atoms with Crippen molar-refractivity contribution in [1.29, 1.82) is 0 Å². The average Bonchev–Trinajstić information content (AvgIpc) is 2.73. The SMILES string of the molecule is CCCCOc1ccc(-c2ccc(-c3ccc(CCCC)nc3)cc2)cc1. The molecule has 140 valence electrons. The smallest absolute Gasteiger partial charge is 0.119 e. The topological polar surface area (TPSA) is 22.1 Å². The van der Waals surface area contributed by atoms with E-state index in [1.807, 2.05) is 6.20 Å². The number of rotatable bonds is 9. The zero-order chi connectivity index (χ0) is 18.9. The summed E-state index contributed by atoms with van der Waals surface area (Å²) < 4.78 is 5.74. The molecule has 1 heterocycles. The highest BCUT2D eigenvalue weighted by molar-refractivity contribution is 5.70. The molecule has 0 saturated heterocycles. The van der Waals surface area contributed by atoms with Crippen molar-refractivity contribution in [2.24, 2.45) is 0 Å². The summed E-state index contributed by atoms with van der Waals surface area (Å²) in [5.41, 5.74) is 5.97. The van der Waals surface area contributed by atoms with Crippen LogP contribution in [0.3, 0.4) is 0 Å². The van der Waals surface area contributed by atoms with Gasteiger partial charge < -0.3 is 4.74 Å². The van der Waals surface area contributed by atoms with Gasteiger partial charge in [-0.15, -0.1) is 0 Å². The van der Waals surface area contributed by atoms with E-state index in [2.05, 4.69) is 79.5 Å². The van der Waals surface area contributed by atoms with Crippen molar-refractivity contribution in [2.45, 2.75) is 46.0 Å². The van der Waals surface area contributed by atoms with Crippen LogP contribution in [-0.2, 0) is 6.42 Å². The Labute approximate surface area is 163 Å². The molecule has 3 aromatic rings. The van der Waals surface area contributed by atoms with Crippen LogP contribution in [0.1, 0.15) is 45.2 Å². The number of aryl methyl sites for hydroxylation is 1. The Hall–Kier alpha value is -2.61. The summed E-state index contributed by atoms with van der Waals surface area (Å²) in [4.78, 5) is 4.60. The van der Waals surface area contributed by atoms with Gasteiger partial charge in [0.1, 0.15) is 5.75 Å². The third kappa shape index (κ3) is 5.43. The van der Waals surface area contributed by atoms with E-state index in [9.17, 15) is 0 Å². The lowest BCUT2D eigenvalue weighted by molar-refractivity contribution is 0.309. The van der Waals surface area contributed by atoms with Gasteiger partial charge in [-0.1, -0.05) is 69.2 Å². The number of benzene rings is 2. The lowest BCUT2D eigenvalue weighted by Gasteiger charge is -2.08. The van der Waals surface area contributed by atoms with E-state index in [0.29, 0.717) is 0 Å². The van der Waals surface area contributed by atoms with Gasteiger partial charge in [-0.05, 0) is 54.2 Å². The summed E-state index contributed by atoms with van der Waals surface area (Å²) >= 11 is 0. The molecule has 0 spiro atoms. The summed E-state index contributed by atoms with van der Waals surface area (Å²) in [5.74, 6) is 0.943. The molecule has 2 aromatic carbocycles. The number of hydrogen-bond donors (Lipinski definition) is 0. The van der Waals surface area contributed by atoms with Gasteiger partial charge in [0.05, 0.1) is 6.61 Å². The summed E-state index contributed by atoms with van der Waals surface area (Å²) in [6.45, 7) is 5.17. The van der Waals surface area contributed by atoms with Crippen LogP contribution in [0, 0.1) is 0 Å². The second-order valence-electron chi connectivity index (χ2n) is 6.95. The van der Waals surface area contributed by atoms with E-state index in [0.717, 1.165) is 31.6 Å². The molecular formula is C25H29NO. The minimum atomic E-state index is 0.788. The van der Waals surface area contributed by atoms with Crippen molar-refractivity contribution in [1.82, 2.24) is 4.98 Å². The van der Waals surface area contributed by atoms with Gasteiger partial charge in [0, 0.05) is 17.5 Å². The fourth-order valence-electron chi connectivity index (χ4n) is 3.03. The van der Waals surface area contributed by atoms with Crippen LogP contribution >= 0.6 is 0 Å². The lowest BCUT2D eigenvalue weighted by atomic mass is 10.0. The van der Waals surface area contributed by atoms with Crippen LogP contribution in [0.5, 0.6) is 5.75 Å². The van der Waals surface area contributed by atoms with Crippen molar-refractivity contribution in [3.63, 3.8) is 0 Å². The van der Waals surface area contributed by atoms with Gasteiger partial charge >= 0.3 is 0 Å². The zero-order valence-corrected chi connectivity index (χ0v) is 16.4. The van der Waals surface area contributed by atoms with Crippen molar-refractivity contribution < 1.29 is 4.74 Å². The summed E-state index contributed by atoms with van der Waals surface area (Å²) in [7, 11) is 0. The molecule has 0 radical (unpaired) electrons. The van der Waals surface area contributed by atoms with Crippen LogP contribution < -0.4 is 4.74 Å².